The molecule has 0 aromatic carbocycles. The summed E-state index contributed by atoms with van der Waals surface area (Å²) in [7, 11) is -6.40. The van der Waals surface area contributed by atoms with Crippen molar-refractivity contribution < 1.29 is 22.6 Å². The zero-order valence-electron chi connectivity index (χ0n) is 3.12. The molecule has 0 fully saturated rings. The van der Waals surface area contributed by atoms with E-state index in [1.165, 1.54) is 0 Å². The van der Waals surface area contributed by atoms with Crippen molar-refractivity contribution in [1.29, 1.82) is 0 Å². The number of hydrogen-bond donors (Lipinski definition) is 2. The van der Waals surface area contributed by atoms with Crippen molar-refractivity contribution in [2.24, 2.45) is 0 Å². The standard InChI is InChI=1S/Na.H2O5Si2.H/c;1-6(2)5-7(3)4;/h;1,3H;. The van der Waals surface area contributed by atoms with E-state index in [4.69, 9.17) is 9.59 Å². The second-order valence-electron chi connectivity index (χ2n) is 0.634. The molecule has 0 bridgehead atoms. The second-order valence-corrected chi connectivity index (χ2v) is 2.51. The normalized spacial score (nSPS) is 6.50. The van der Waals surface area contributed by atoms with Crippen LogP contribution in [0.5, 0.6) is 0 Å². The first-order chi connectivity index (χ1) is 3.13. The topological polar surface area (TPSA) is 83.8 Å². The van der Waals surface area contributed by atoms with Crippen LogP contribution in [0, 0.1) is 0 Å². The molecule has 0 radical (unpaired) electrons. The van der Waals surface area contributed by atoms with Crippen LogP contribution in [-0.4, -0.2) is 57.5 Å². The Labute approximate surface area is 70.4 Å². The molecule has 8 heavy (non-hydrogen) atoms. The van der Waals surface area contributed by atoms with E-state index in [1.807, 2.05) is 0 Å². The molecule has 0 spiro atoms. The fourth-order valence-corrected chi connectivity index (χ4v) is 0.672. The Morgan fingerprint density at radius 2 is 1.38 bits per heavy atom. The molecule has 0 atom stereocenters. The molecule has 0 saturated carbocycles. The second kappa shape index (κ2) is 5.57. The summed E-state index contributed by atoms with van der Waals surface area (Å²) in [6, 6.07) is 0. The quantitative estimate of drug-likeness (QED) is 0.428. The molecule has 8 heteroatoms. The van der Waals surface area contributed by atoms with Crippen molar-refractivity contribution in [2.45, 2.75) is 0 Å². The van der Waals surface area contributed by atoms with Crippen molar-refractivity contribution in [3.63, 3.8) is 0 Å². The third-order valence-electron chi connectivity index (χ3n) is 0.175. The molecule has 0 aliphatic carbocycles. The molecule has 0 aromatic rings. The van der Waals surface area contributed by atoms with E-state index in [9.17, 15) is 8.92 Å². The summed E-state index contributed by atoms with van der Waals surface area (Å²) in [5.41, 5.74) is 0. The van der Waals surface area contributed by atoms with Crippen molar-refractivity contribution >= 4 is 47.9 Å². The van der Waals surface area contributed by atoms with E-state index in [2.05, 4.69) is 4.12 Å². The molecule has 0 aromatic heterocycles. The molecule has 5 nitrogen and oxygen atoms in total. The SMILES string of the molecule is O=[Si](O)O[Si](=O)O.[NaH]. The van der Waals surface area contributed by atoms with Crippen molar-refractivity contribution in [1.82, 2.24) is 0 Å². The van der Waals surface area contributed by atoms with Crippen LogP contribution in [0.15, 0.2) is 0 Å². The Morgan fingerprint density at radius 3 is 1.38 bits per heavy atom. The fourth-order valence-electron chi connectivity index (χ4n) is 0.0747. The molecule has 0 rings (SSSR count). The van der Waals surface area contributed by atoms with Crippen LogP contribution < -0.4 is 0 Å². The third-order valence-corrected chi connectivity index (χ3v) is 1.57. The summed E-state index contributed by atoms with van der Waals surface area (Å²) >= 11 is 0. The fraction of sp³-hybridized carbons (Fsp3) is 0. The van der Waals surface area contributed by atoms with Crippen molar-refractivity contribution in [3.8, 4) is 0 Å². The molecule has 0 amide bonds. The monoisotopic (exact) mass is 162 g/mol. The zero-order valence-corrected chi connectivity index (χ0v) is 5.12. The predicted octanol–water partition coefficient (Wildman–Crippen LogP) is -2.83. The summed E-state index contributed by atoms with van der Waals surface area (Å²) in [5, 5.41) is 0. The third kappa shape index (κ3) is 9.66. The number of rotatable bonds is 2. The van der Waals surface area contributed by atoms with Gasteiger partial charge < -0.3 is 13.7 Å². The van der Waals surface area contributed by atoms with Crippen LogP contribution in [-0.2, 0) is 13.0 Å². The van der Waals surface area contributed by atoms with Gasteiger partial charge in [0.15, 0.2) is 0 Å². The first-order valence-corrected chi connectivity index (χ1v) is 3.79. The molecule has 0 aliphatic rings. The van der Waals surface area contributed by atoms with Crippen LogP contribution in [0.25, 0.3) is 0 Å². The summed E-state index contributed by atoms with van der Waals surface area (Å²) in [6.45, 7) is 0. The first-order valence-electron chi connectivity index (χ1n) is 1.26. The molecule has 0 saturated heterocycles. The Bertz CT molecular complexity index is 86.6. The van der Waals surface area contributed by atoms with Gasteiger partial charge in [-0.2, -0.15) is 0 Å². The molecule has 2 N–H and O–H groups in total. The van der Waals surface area contributed by atoms with Crippen molar-refractivity contribution in [2.75, 3.05) is 0 Å². The number of hydrogen-bond acceptors (Lipinski definition) is 3. The molecular weight excluding hydrogens is 159 g/mol. The van der Waals surface area contributed by atoms with Gasteiger partial charge in [0.2, 0.25) is 0 Å². The van der Waals surface area contributed by atoms with Crippen molar-refractivity contribution in [3.05, 3.63) is 0 Å². The van der Waals surface area contributed by atoms with E-state index in [0.29, 0.717) is 0 Å². The van der Waals surface area contributed by atoms with Crippen LogP contribution >= 0.6 is 0 Å². The summed E-state index contributed by atoms with van der Waals surface area (Å²) < 4.78 is 22.3. The molecule has 0 heterocycles. The minimum atomic E-state index is -3.20. The van der Waals surface area contributed by atoms with E-state index in [0.717, 1.165) is 0 Å². The van der Waals surface area contributed by atoms with Gasteiger partial charge in [-0.3, -0.25) is 8.92 Å². The average Bonchev–Trinajstić information content (AvgIpc) is 1.27. The average molecular weight is 162 g/mol. The van der Waals surface area contributed by atoms with Gasteiger partial charge in [-0.15, -0.1) is 0 Å². The van der Waals surface area contributed by atoms with Crippen LogP contribution in [0.1, 0.15) is 0 Å². The van der Waals surface area contributed by atoms with E-state index in [1.54, 1.807) is 0 Å². The Hall–Kier alpha value is 0.434. The Balaban J connectivity index is 0. The van der Waals surface area contributed by atoms with Crippen LogP contribution in [0.2, 0.25) is 0 Å². The first kappa shape index (κ1) is 11.3. The Morgan fingerprint density at radius 1 is 1.12 bits per heavy atom. The zero-order chi connectivity index (χ0) is 5.86. The van der Waals surface area contributed by atoms with E-state index in [-0.39, 0.29) is 29.6 Å². The summed E-state index contributed by atoms with van der Waals surface area (Å²) in [5.74, 6) is 0. The Kier molecular flexibility index (Phi) is 7.84. The van der Waals surface area contributed by atoms with Gasteiger partial charge in [0.25, 0.3) is 0 Å². The minimum absolute atomic E-state index is 0. The van der Waals surface area contributed by atoms with E-state index >= 15 is 0 Å². The molecule has 0 unspecified atom stereocenters. The van der Waals surface area contributed by atoms with Gasteiger partial charge in [-0.1, -0.05) is 0 Å². The summed E-state index contributed by atoms with van der Waals surface area (Å²) in [4.78, 5) is 15.4. The molecule has 0 aliphatic heterocycles. The maximum absolute atomic E-state index is 9.44. The van der Waals surface area contributed by atoms with Crippen LogP contribution in [0.3, 0.4) is 0 Å². The van der Waals surface area contributed by atoms with Gasteiger partial charge in [0, 0.05) is 0 Å². The predicted molar refractivity (Wildman–Crippen MR) is 25.6 cm³/mol. The van der Waals surface area contributed by atoms with Gasteiger partial charge in [0.05, 0.1) is 0 Å². The molecular formula is H3NaO5Si2. The van der Waals surface area contributed by atoms with Crippen LogP contribution in [0.4, 0.5) is 0 Å². The maximum atomic E-state index is 9.44. The summed E-state index contributed by atoms with van der Waals surface area (Å²) in [6.07, 6.45) is 0. The van der Waals surface area contributed by atoms with Gasteiger partial charge >= 0.3 is 47.9 Å². The van der Waals surface area contributed by atoms with Gasteiger partial charge in [0.1, 0.15) is 0 Å². The van der Waals surface area contributed by atoms with Gasteiger partial charge in [-0.05, 0) is 0 Å². The van der Waals surface area contributed by atoms with Gasteiger partial charge in [-0.25, -0.2) is 0 Å². The molecule has 42 valence electrons. The van der Waals surface area contributed by atoms with E-state index < -0.39 is 18.3 Å².